The van der Waals surface area contributed by atoms with Crippen LogP contribution in [0.1, 0.15) is 25.1 Å². The van der Waals surface area contributed by atoms with Crippen molar-refractivity contribution < 1.29 is 4.39 Å². The van der Waals surface area contributed by atoms with E-state index < -0.39 is 5.82 Å². The lowest BCUT2D eigenvalue weighted by molar-refractivity contribution is 0.629. The summed E-state index contributed by atoms with van der Waals surface area (Å²) in [7, 11) is 0. The molecule has 0 saturated heterocycles. The fourth-order valence-electron chi connectivity index (χ4n) is 3.89. The van der Waals surface area contributed by atoms with Crippen molar-refractivity contribution in [3.05, 3.63) is 87.0 Å². The van der Waals surface area contributed by atoms with Crippen LogP contribution in [0.3, 0.4) is 0 Å². The molecule has 33 heavy (non-hydrogen) atoms. The molecule has 0 radical (unpaired) electrons. The number of nitrogens with zero attached hydrogens (tertiary/aromatic N) is 4. The first-order chi connectivity index (χ1) is 16.0. The van der Waals surface area contributed by atoms with E-state index in [1.807, 2.05) is 13.0 Å². The van der Waals surface area contributed by atoms with Gasteiger partial charge in [0, 0.05) is 10.7 Å². The Morgan fingerprint density at radius 3 is 2.76 bits per heavy atom. The highest BCUT2D eigenvalue weighted by atomic mass is 35.5. The van der Waals surface area contributed by atoms with Gasteiger partial charge in [-0.25, -0.2) is 19.3 Å². The van der Waals surface area contributed by atoms with E-state index in [1.165, 1.54) is 23.0 Å². The lowest BCUT2D eigenvalue weighted by atomic mass is 10.0. The van der Waals surface area contributed by atoms with Crippen molar-refractivity contribution in [3.63, 3.8) is 0 Å². The fourth-order valence-corrected chi connectivity index (χ4v) is 4.39. The Bertz CT molecular complexity index is 1560. The third kappa shape index (κ3) is 3.81. The average molecular weight is 483 g/mol. The monoisotopic (exact) mass is 482 g/mol. The Balaban J connectivity index is 1.75. The molecule has 2 N–H and O–H groups in total. The second-order valence-corrected chi connectivity index (χ2v) is 8.31. The standard InChI is InChI=1S/C23H17Cl2FN6O/c1-2-17(31-22-20-21(28-10-27-20)29-11-30-22)19-7-12-3-5-14(26)9-15(12)23(33)32(19)18-6-4-13(24)8-16(18)25/h3-11,17H,2H2,1H3,(H2,27,28,29,30,31). The Kier molecular flexibility index (Phi) is 5.47. The SMILES string of the molecule is CCC(Nc1ncnc2nc[nH]c12)c1cc2ccc(F)cc2c(=O)n1-c1ccc(Cl)cc1Cl. The van der Waals surface area contributed by atoms with E-state index in [0.29, 0.717) is 50.2 Å². The van der Waals surface area contributed by atoms with Crippen LogP contribution in [-0.2, 0) is 0 Å². The van der Waals surface area contributed by atoms with Crippen LogP contribution in [0.5, 0.6) is 0 Å². The number of hydrogen-bond donors (Lipinski definition) is 2. The second-order valence-electron chi connectivity index (χ2n) is 7.47. The molecule has 3 aromatic heterocycles. The molecule has 2 aromatic carbocycles. The van der Waals surface area contributed by atoms with Gasteiger partial charge in [0.2, 0.25) is 0 Å². The number of imidazole rings is 1. The number of nitrogens with one attached hydrogen (secondary N) is 2. The zero-order valence-corrected chi connectivity index (χ0v) is 18.8. The van der Waals surface area contributed by atoms with E-state index in [9.17, 15) is 9.18 Å². The zero-order valence-electron chi connectivity index (χ0n) is 17.3. The molecule has 0 amide bonds. The van der Waals surface area contributed by atoms with Crippen molar-refractivity contribution in [1.82, 2.24) is 24.5 Å². The van der Waals surface area contributed by atoms with Gasteiger partial charge in [-0.1, -0.05) is 36.2 Å². The van der Waals surface area contributed by atoms with Crippen LogP contribution in [0.25, 0.3) is 27.6 Å². The van der Waals surface area contributed by atoms with Gasteiger partial charge in [-0.3, -0.25) is 9.36 Å². The summed E-state index contributed by atoms with van der Waals surface area (Å²) in [6.07, 6.45) is 3.57. The van der Waals surface area contributed by atoms with Gasteiger partial charge in [-0.2, -0.15) is 0 Å². The van der Waals surface area contributed by atoms with Crippen molar-refractivity contribution in [2.45, 2.75) is 19.4 Å². The van der Waals surface area contributed by atoms with E-state index in [1.54, 1.807) is 30.6 Å². The van der Waals surface area contributed by atoms with Gasteiger partial charge >= 0.3 is 0 Å². The number of H-pyrrole nitrogens is 1. The number of aromatic nitrogens is 5. The molecule has 1 unspecified atom stereocenters. The number of aromatic amines is 1. The van der Waals surface area contributed by atoms with Crippen LogP contribution in [0.4, 0.5) is 10.2 Å². The largest absolute Gasteiger partial charge is 0.360 e. The van der Waals surface area contributed by atoms with Crippen LogP contribution in [-0.4, -0.2) is 24.5 Å². The number of anilines is 1. The maximum absolute atomic E-state index is 14.0. The second kappa shape index (κ2) is 8.46. The van der Waals surface area contributed by atoms with E-state index in [2.05, 4.69) is 25.3 Å². The van der Waals surface area contributed by atoms with Crippen LogP contribution in [0.2, 0.25) is 10.0 Å². The van der Waals surface area contributed by atoms with Gasteiger partial charge in [-0.05, 0) is 48.2 Å². The minimum Gasteiger partial charge on any atom is -0.360 e. The molecule has 0 spiro atoms. The summed E-state index contributed by atoms with van der Waals surface area (Å²) in [5, 5.41) is 5.00. The van der Waals surface area contributed by atoms with Gasteiger partial charge in [0.15, 0.2) is 11.5 Å². The van der Waals surface area contributed by atoms with Gasteiger partial charge in [0.1, 0.15) is 17.7 Å². The molecule has 0 aliphatic heterocycles. The highest BCUT2D eigenvalue weighted by Crippen LogP contribution is 2.31. The summed E-state index contributed by atoms with van der Waals surface area (Å²) in [6.45, 7) is 1.98. The zero-order chi connectivity index (χ0) is 23.1. The van der Waals surface area contributed by atoms with E-state index in [0.717, 1.165) is 0 Å². The van der Waals surface area contributed by atoms with E-state index in [-0.39, 0.29) is 17.0 Å². The van der Waals surface area contributed by atoms with Crippen LogP contribution in [0, 0.1) is 5.82 Å². The van der Waals surface area contributed by atoms with Crippen LogP contribution in [0.15, 0.2) is 59.9 Å². The molecule has 1 atom stereocenters. The van der Waals surface area contributed by atoms with Gasteiger partial charge < -0.3 is 10.3 Å². The molecule has 0 aliphatic carbocycles. The fraction of sp³-hybridized carbons (Fsp3) is 0.130. The predicted molar refractivity (Wildman–Crippen MR) is 128 cm³/mol. The molecule has 0 aliphatic rings. The third-order valence-electron chi connectivity index (χ3n) is 5.46. The summed E-state index contributed by atoms with van der Waals surface area (Å²) in [5.74, 6) is 0.0543. The highest BCUT2D eigenvalue weighted by molar-refractivity contribution is 6.35. The number of pyridine rings is 1. The smallest absolute Gasteiger partial charge is 0.263 e. The normalized spacial score (nSPS) is 12.4. The maximum atomic E-state index is 14.0. The number of benzene rings is 2. The number of fused-ring (bicyclic) bond motifs is 2. The summed E-state index contributed by atoms with van der Waals surface area (Å²) >= 11 is 12.6. The third-order valence-corrected chi connectivity index (χ3v) is 6.00. The minimum atomic E-state index is -0.492. The maximum Gasteiger partial charge on any atom is 0.263 e. The first-order valence-corrected chi connectivity index (χ1v) is 10.9. The average Bonchev–Trinajstić information content (AvgIpc) is 3.28. The van der Waals surface area contributed by atoms with Gasteiger partial charge in [-0.15, -0.1) is 0 Å². The topological polar surface area (TPSA) is 88.5 Å². The van der Waals surface area contributed by atoms with Crippen LogP contribution < -0.4 is 10.9 Å². The molecule has 0 saturated carbocycles. The van der Waals surface area contributed by atoms with Gasteiger partial charge in [0.05, 0.1) is 28.5 Å². The summed E-state index contributed by atoms with van der Waals surface area (Å²) in [5.41, 5.74) is 1.87. The number of rotatable bonds is 5. The predicted octanol–water partition coefficient (Wildman–Crippen LogP) is 5.67. The molecule has 166 valence electrons. The molecule has 5 aromatic rings. The van der Waals surface area contributed by atoms with Crippen LogP contribution >= 0.6 is 23.2 Å². The van der Waals surface area contributed by atoms with Gasteiger partial charge in [0.25, 0.3) is 5.56 Å². The quantitative estimate of drug-likeness (QED) is 0.337. The van der Waals surface area contributed by atoms with E-state index >= 15 is 0 Å². The Morgan fingerprint density at radius 2 is 1.97 bits per heavy atom. The molecule has 10 heteroatoms. The van der Waals surface area contributed by atoms with Crippen molar-refractivity contribution in [1.29, 1.82) is 0 Å². The lowest BCUT2D eigenvalue weighted by Crippen LogP contribution is -2.27. The highest BCUT2D eigenvalue weighted by Gasteiger charge is 2.21. The Hall–Kier alpha value is -3.49. The summed E-state index contributed by atoms with van der Waals surface area (Å²) < 4.78 is 15.5. The van der Waals surface area contributed by atoms with Crippen molar-refractivity contribution in [3.8, 4) is 5.69 Å². The molecule has 0 fully saturated rings. The van der Waals surface area contributed by atoms with Crippen molar-refractivity contribution in [2.75, 3.05) is 5.32 Å². The molecule has 5 rings (SSSR count). The molecule has 7 nitrogen and oxygen atoms in total. The minimum absolute atomic E-state index is 0.248. The summed E-state index contributed by atoms with van der Waals surface area (Å²) in [4.78, 5) is 29.3. The first-order valence-electron chi connectivity index (χ1n) is 10.2. The first kappa shape index (κ1) is 21.4. The Morgan fingerprint density at radius 1 is 1.12 bits per heavy atom. The Labute approximate surface area is 197 Å². The van der Waals surface area contributed by atoms with Crippen molar-refractivity contribution >= 4 is 51.0 Å². The molecule has 3 heterocycles. The molecule has 0 bridgehead atoms. The van der Waals surface area contributed by atoms with E-state index in [4.69, 9.17) is 23.2 Å². The van der Waals surface area contributed by atoms with Crippen molar-refractivity contribution in [2.24, 2.45) is 0 Å². The molecular weight excluding hydrogens is 466 g/mol. The lowest BCUT2D eigenvalue weighted by Gasteiger charge is -2.24. The number of halogens is 3. The molecular formula is C23H17Cl2FN6O. The summed E-state index contributed by atoms with van der Waals surface area (Å²) in [6, 6.07) is 10.6. The number of hydrogen-bond acceptors (Lipinski definition) is 5.